The monoisotopic (exact) mass is 320 g/mol. The predicted octanol–water partition coefficient (Wildman–Crippen LogP) is 3.25. The minimum absolute atomic E-state index is 0.0315. The molecule has 0 spiro atoms. The molecule has 6 heteroatoms. The number of aliphatic imine (C=N–C) groups is 2. The molecule has 0 bridgehead atoms. The number of carbonyl (C=O) groups excluding carboxylic acids is 1. The quantitative estimate of drug-likeness (QED) is 0.479. The van der Waals surface area contributed by atoms with Gasteiger partial charge in [0.2, 0.25) is 5.96 Å². The third-order valence-corrected chi connectivity index (χ3v) is 3.33. The minimum atomic E-state index is -0.622. The second-order valence-corrected chi connectivity index (χ2v) is 6.62. The Morgan fingerprint density at radius 3 is 2.52 bits per heavy atom. The van der Waals surface area contributed by atoms with E-state index < -0.39 is 11.7 Å². The number of guanidine groups is 1. The van der Waals surface area contributed by atoms with Crippen LogP contribution in [-0.4, -0.2) is 41.5 Å². The summed E-state index contributed by atoms with van der Waals surface area (Å²) < 4.78 is 5.35. The Balaban J connectivity index is 2.81. The van der Waals surface area contributed by atoms with Gasteiger partial charge in [0, 0.05) is 0 Å². The third-order valence-electron chi connectivity index (χ3n) is 3.33. The zero-order valence-corrected chi connectivity index (χ0v) is 14.4. The van der Waals surface area contributed by atoms with Gasteiger partial charge in [-0.1, -0.05) is 32.1 Å². The van der Waals surface area contributed by atoms with Gasteiger partial charge in [-0.25, -0.2) is 14.7 Å². The Kier molecular flexibility index (Phi) is 7.00. The molecule has 1 saturated carbocycles. The Bertz CT molecular complexity index is 497. The lowest BCUT2D eigenvalue weighted by atomic mass is 10.2. The Morgan fingerprint density at radius 1 is 1.39 bits per heavy atom. The van der Waals surface area contributed by atoms with E-state index in [1.807, 2.05) is 0 Å². The van der Waals surface area contributed by atoms with E-state index in [1.54, 1.807) is 26.8 Å². The Labute approximate surface area is 138 Å². The van der Waals surface area contributed by atoms with E-state index >= 15 is 0 Å². The number of hydrogen-bond donors (Lipinski definition) is 1. The normalized spacial score (nSPS) is 16.6. The first-order valence-electron chi connectivity index (χ1n) is 7.88. The van der Waals surface area contributed by atoms with Crippen molar-refractivity contribution < 1.29 is 9.53 Å². The molecular weight excluding hydrogens is 292 g/mol. The number of amides is 1. The third kappa shape index (κ3) is 7.13. The van der Waals surface area contributed by atoms with E-state index in [-0.39, 0.29) is 12.5 Å². The molecule has 0 aromatic rings. The van der Waals surface area contributed by atoms with Crippen LogP contribution in [0.25, 0.3) is 0 Å². The summed E-state index contributed by atoms with van der Waals surface area (Å²) in [5, 5.41) is 0. The molecule has 0 atom stereocenters. The molecule has 2 N–H and O–H groups in total. The molecule has 0 unspecified atom stereocenters. The molecule has 23 heavy (non-hydrogen) atoms. The van der Waals surface area contributed by atoms with Crippen molar-refractivity contribution >= 4 is 18.4 Å². The van der Waals surface area contributed by atoms with Crippen LogP contribution in [0, 0.1) is 0 Å². The highest BCUT2D eigenvalue weighted by Gasteiger charge is 2.24. The predicted molar refractivity (Wildman–Crippen MR) is 94.6 cm³/mol. The van der Waals surface area contributed by atoms with Crippen LogP contribution in [0.5, 0.6) is 0 Å². The number of rotatable bonds is 5. The van der Waals surface area contributed by atoms with Gasteiger partial charge in [0.25, 0.3) is 0 Å². The SMILES string of the molecule is C=CC(=C)CN(C(=O)OC(C)(C)C)C(N)=NC=NC1CCCC1. The van der Waals surface area contributed by atoms with Crippen molar-refractivity contribution in [3.63, 3.8) is 0 Å². The number of hydrogen-bond acceptors (Lipinski definition) is 3. The fraction of sp³-hybridized carbons (Fsp3) is 0.588. The van der Waals surface area contributed by atoms with Crippen molar-refractivity contribution in [2.24, 2.45) is 15.7 Å². The van der Waals surface area contributed by atoms with Gasteiger partial charge in [-0.3, -0.25) is 4.99 Å². The lowest BCUT2D eigenvalue weighted by Gasteiger charge is -2.26. The molecule has 0 aromatic heterocycles. The van der Waals surface area contributed by atoms with Crippen molar-refractivity contribution in [3.05, 3.63) is 24.8 Å². The second-order valence-electron chi connectivity index (χ2n) is 6.62. The van der Waals surface area contributed by atoms with Crippen LogP contribution in [0.2, 0.25) is 0 Å². The first-order chi connectivity index (χ1) is 10.7. The molecule has 0 saturated heterocycles. The molecule has 1 fully saturated rings. The van der Waals surface area contributed by atoms with Crippen molar-refractivity contribution in [2.75, 3.05) is 6.54 Å². The molecule has 0 radical (unpaired) electrons. The molecule has 6 nitrogen and oxygen atoms in total. The number of carbonyl (C=O) groups is 1. The van der Waals surface area contributed by atoms with Gasteiger partial charge < -0.3 is 10.5 Å². The van der Waals surface area contributed by atoms with Crippen LogP contribution < -0.4 is 5.73 Å². The zero-order chi connectivity index (χ0) is 17.5. The molecule has 0 aliphatic heterocycles. The summed E-state index contributed by atoms with van der Waals surface area (Å²) in [4.78, 5) is 22.0. The van der Waals surface area contributed by atoms with Crippen LogP contribution in [0.1, 0.15) is 46.5 Å². The van der Waals surface area contributed by atoms with Gasteiger partial charge in [0.15, 0.2) is 0 Å². The number of ether oxygens (including phenoxy) is 1. The Hall–Kier alpha value is -2.11. The standard InChI is InChI=1S/C17H28N4O2/c1-6-13(2)11-21(16(22)23-17(3,4)5)15(18)20-12-19-14-9-7-8-10-14/h6,12,14H,1-2,7-11H2,3-5H3,(H2,18,19,20). The summed E-state index contributed by atoms with van der Waals surface area (Å²) in [5.41, 5.74) is 5.95. The molecule has 1 rings (SSSR count). The molecular formula is C17H28N4O2. The maximum atomic E-state index is 12.3. The minimum Gasteiger partial charge on any atom is -0.443 e. The summed E-state index contributed by atoms with van der Waals surface area (Å²) in [5.74, 6) is 0.0315. The maximum absolute atomic E-state index is 12.3. The smallest absolute Gasteiger partial charge is 0.417 e. The molecule has 0 aromatic carbocycles. The zero-order valence-electron chi connectivity index (χ0n) is 14.4. The number of nitrogens with two attached hydrogens (primary N) is 1. The van der Waals surface area contributed by atoms with E-state index in [0.717, 1.165) is 12.8 Å². The highest BCUT2D eigenvalue weighted by molar-refractivity contribution is 5.96. The van der Waals surface area contributed by atoms with Gasteiger partial charge in [-0.2, -0.15) is 0 Å². The van der Waals surface area contributed by atoms with Crippen molar-refractivity contribution in [1.82, 2.24) is 4.90 Å². The second kappa shape index (κ2) is 8.50. The summed E-state index contributed by atoms with van der Waals surface area (Å²) in [6.45, 7) is 13.0. The van der Waals surface area contributed by atoms with Crippen LogP contribution in [0.15, 0.2) is 34.8 Å². The van der Waals surface area contributed by atoms with Crippen molar-refractivity contribution in [1.29, 1.82) is 0 Å². The lowest BCUT2D eigenvalue weighted by molar-refractivity contribution is 0.0380. The van der Waals surface area contributed by atoms with Crippen molar-refractivity contribution in [3.8, 4) is 0 Å². The average molecular weight is 320 g/mol. The molecule has 0 heterocycles. The van der Waals surface area contributed by atoms with Gasteiger partial charge in [0.1, 0.15) is 11.9 Å². The molecule has 1 amide bonds. The lowest BCUT2D eigenvalue weighted by Crippen LogP contribution is -2.45. The van der Waals surface area contributed by atoms with E-state index in [0.29, 0.717) is 11.6 Å². The summed E-state index contributed by atoms with van der Waals surface area (Å²) in [6, 6.07) is 0.310. The highest BCUT2D eigenvalue weighted by atomic mass is 16.6. The molecule has 1 aliphatic rings. The van der Waals surface area contributed by atoms with Crippen LogP contribution in [-0.2, 0) is 4.74 Å². The van der Waals surface area contributed by atoms with Gasteiger partial charge in [-0.05, 0) is 39.2 Å². The summed E-state index contributed by atoms with van der Waals surface area (Å²) in [6.07, 6.45) is 6.98. The topological polar surface area (TPSA) is 80.3 Å². The highest BCUT2D eigenvalue weighted by Crippen LogP contribution is 2.20. The van der Waals surface area contributed by atoms with Gasteiger partial charge >= 0.3 is 6.09 Å². The maximum Gasteiger partial charge on any atom is 0.417 e. The molecule has 1 aliphatic carbocycles. The van der Waals surface area contributed by atoms with Crippen LogP contribution in [0.3, 0.4) is 0 Å². The van der Waals surface area contributed by atoms with Gasteiger partial charge in [0.05, 0.1) is 12.6 Å². The van der Waals surface area contributed by atoms with E-state index in [9.17, 15) is 4.79 Å². The molecule has 128 valence electrons. The van der Waals surface area contributed by atoms with Crippen LogP contribution >= 0.6 is 0 Å². The first-order valence-corrected chi connectivity index (χ1v) is 7.88. The van der Waals surface area contributed by atoms with Gasteiger partial charge in [-0.15, -0.1) is 0 Å². The fourth-order valence-corrected chi connectivity index (χ4v) is 2.13. The van der Waals surface area contributed by atoms with E-state index in [4.69, 9.17) is 10.5 Å². The Morgan fingerprint density at radius 2 is 2.00 bits per heavy atom. The van der Waals surface area contributed by atoms with E-state index in [1.165, 1.54) is 24.1 Å². The first kappa shape index (κ1) is 18.9. The summed E-state index contributed by atoms with van der Waals surface area (Å²) >= 11 is 0. The van der Waals surface area contributed by atoms with Crippen LogP contribution in [0.4, 0.5) is 4.79 Å². The largest absolute Gasteiger partial charge is 0.443 e. The average Bonchev–Trinajstić information content (AvgIpc) is 2.95. The summed E-state index contributed by atoms with van der Waals surface area (Å²) in [7, 11) is 0. The number of nitrogens with zero attached hydrogens (tertiary/aromatic N) is 3. The van der Waals surface area contributed by atoms with E-state index in [2.05, 4.69) is 23.1 Å². The fourth-order valence-electron chi connectivity index (χ4n) is 2.13. The van der Waals surface area contributed by atoms with Crippen molar-refractivity contribution in [2.45, 2.75) is 58.1 Å².